The zero-order valence-electron chi connectivity index (χ0n) is 9.01. The van der Waals surface area contributed by atoms with Crippen molar-refractivity contribution < 1.29 is 13.0 Å². The summed E-state index contributed by atoms with van der Waals surface area (Å²) in [6, 6.07) is 5.89. The van der Waals surface area contributed by atoms with Crippen LogP contribution in [0.2, 0.25) is 0 Å². The highest BCUT2D eigenvalue weighted by molar-refractivity contribution is 7.85. The van der Waals surface area contributed by atoms with Crippen molar-refractivity contribution in [3.05, 3.63) is 30.0 Å². The largest absolute Gasteiger partial charge is 0.382 e. The molecule has 1 aromatic carbocycles. The second-order valence-electron chi connectivity index (χ2n) is 3.61. The van der Waals surface area contributed by atoms with E-state index in [1.807, 2.05) is 0 Å². The van der Waals surface area contributed by atoms with Crippen molar-refractivity contribution in [2.45, 2.75) is 11.8 Å². The topological polar surface area (TPSA) is 109 Å². The van der Waals surface area contributed by atoms with Crippen LogP contribution in [0.5, 0.6) is 0 Å². The normalized spacial score (nSPS) is 11.6. The molecule has 17 heavy (non-hydrogen) atoms. The van der Waals surface area contributed by atoms with E-state index in [-0.39, 0.29) is 10.7 Å². The molecule has 0 spiro atoms. The number of rotatable bonds is 2. The molecule has 0 bridgehead atoms. The first-order valence-corrected chi connectivity index (χ1v) is 6.22. The van der Waals surface area contributed by atoms with E-state index in [0.29, 0.717) is 11.1 Å². The third kappa shape index (κ3) is 2.15. The van der Waals surface area contributed by atoms with Crippen LogP contribution in [0, 0.1) is 6.92 Å². The molecule has 0 aliphatic heterocycles. The van der Waals surface area contributed by atoms with Crippen LogP contribution < -0.4 is 5.73 Å². The minimum Gasteiger partial charge on any atom is -0.382 e. The van der Waals surface area contributed by atoms with Crippen LogP contribution in [-0.2, 0) is 10.1 Å². The van der Waals surface area contributed by atoms with Crippen LogP contribution >= 0.6 is 0 Å². The van der Waals surface area contributed by atoms with Gasteiger partial charge in [-0.1, -0.05) is 12.1 Å². The van der Waals surface area contributed by atoms with Crippen LogP contribution in [-0.4, -0.2) is 23.2 Å². The Balaban J connectivity index is 2.63. The van der Waals surface area contributed by atoms with Crippen LogP contribution in [0.25, 0.3) is 11.1 Å². The van der Waals surface area contributed by atoms with E-state index in [4.69, 9.17) is 10.3 Å². The van der Waals surface area contributed by atoms with Gasteiger partial charge in [0.1, 0.15) is 0 Å². The number of aromatic nitrogens is 2. The molecule has 2 aromatic rings. The zero-order valence-corrected chi connectivity index (χ0v) is 9.82. The second kappa shape index (κ2) is 3.86. The first-order chi connectivity index (χ1) is 7.89. The van der Waals surface area contributed by atoms with Gasteiger partial charge in [-0.3, -0.25) is 9.65 Å². The van der Waals surface area contributed by atoms with Gasteiger partial charge in [-0.25, -0.2) is 0 Å². The van der Waals surface area contributed by atoms with Crippen molar-refractivity contribution in [2.75, 3.05) is 5.73 Å². The molecule has 0 radical (unpaired) electrons. The first-order valence-electron chi connectivity index (χ1n) is 4.78. The highest BCUT2D eigenvalue weighted by Crippen LogP contribution is 2.28. The summed E-state index contributed by atoms with van der Waals surface area (Å²) in [5.74, 6) is 0.287. The molecule has 0 saturated heterocycles. The molecule has 0 saturated carbocycles. The predicted octanol–water partition coefficient (Wildman–Crippen LogP) is 1.21. The van der Waals surface area contributed by atoms with Gasteiger partial charge in [0, 0.05) is 11.3 Å². The number of anilines is 1. The number of H-pyrrole nitrogens is 1. The van der Waals surface area contributed by atoms with Gasteiger partial charge in [0.05, 0.1) is 4.90 Å². The van der Waals surface area contributed by atoms with E-state index in [2.05, 4.69) is 10.2 Å². The molecule has 0 fully saturated rings. The highest BCUT2D eigenvalue weighted by Gasteiger charge is 2.14. The fourth-order valence-electron chi connectivity index (χ4n) is 1.62. The number of nitrogens with zero attached hydrogens (tertiary/aromatic N) is 1. The number of nitrogens with one attached hydrogen (secondary N) is 1. The van der Waals surface area contributed by atoms with E-state index in [0.717, 1.165) is 5.69 Å². The lowest BCUT2D eigenvalue weighted by Gasteiger charge is -2.03. The van der Waals surface area contributed by atoms with E-state index in [1.165, 1.54) is 18.2 Å². The minimum atomic E-state index is -4.21. The summed E-state index contributed by atoms with van der Waals surface area (Å²) in [7, 11) is -4.21. The predicted molar refractivity (Wildman–Crippen MR) is 63.0 cm³/mol. The lowest BCUT2D eigenvalue weighted by Crippen LogP contribution is -1.98. The molecule has 1 aromatic heterocycles. The number of hydrogen-bond donors (Lipinski definition) is 3. The molecular formula is C10H11N3O3S. The average Bonchev–Trinajstić information content (AvgIpc) is 2.57. The Bertz CT molecular complexity index is 642. The fourth-order valence-corrected chi connectivity index (χ4v) is 2.15. The number of aromatic amines is 1. The van der Waals surface area contributed by atoms with E-state index < -0.39 is 10.1 Å². The molecule has 0 aliphatic carbocycles. The zero-order chi connectivity index (χ0) is 12.6. The number of benzene rings is 1. The van der Waals surface area contributed by atoms with Crippen molar-refractivity contribution in [3.8, 4) is 11.1 Å². The van der Waals surface area contributed by atoms with Crippen LogP contribution in [0.3, 0.4) is 0 Å². The summed E-state index contributed by atoms with van der Waals surface area (Å²) in [5, 5.41) is 6.53. The first kappa shape index (κ1) is 11.6. The lowest BCUT2D eigenvalue weighted by atomic mass is 10.1. The van der Waals surface area contributed by atoms with Crippen molar-refractivity contribution in [3.63, 3.8) is 0 Å². The average molecular weight is 253 g/mol. The molecule has 6 nitrogen and oxygen atoms in total. The van der Waals surface area contributed by atoms with Crippen molar-refractivity contribution in [1.82, 2.24) is 10.2 Å². The number of nitrogen functional groups attached to an aromatic ring is 1. The van der Waals surface area contributed by atoms with Gasteiger partial charge in [0.15, 0.2) is 5.82 Å². The summed E-state index contributed by atoms with van der Waals surface area (Å²) >= 11 is 0. The molecule has 4 N–H and O–H groups in total. The van der Waals surface area contributed by atoms with Gasteiger partial charge >= 0.3 is 0 Å². The molecule has 2 rings (SSSR count). The Morgan fingerprint density at radius 1 is 1.41 bits per heavy atom. The Morgan fingerprint density at radius 3 is 2.65 bits per heavy atom. The molecule has 1 heterocycles. The Morgan fingerprint density at radius 2 is 2.12 bits per heavy atom. The van der Waals surface area contributed by atoms with Gasteiger partial charge in [-0.05, 0) is 24.6 Å². The number of nitrogens with two attached hydrogens (primary N) is 1. The summed E-state index contributed by atoms with van der Waals surface area (Å²) in [6.07, 6.45) is 0. The van der Waals surface area contributed by atoms with Crippen LogP contribution in [0.1, 0.15) is 5.69 Å². The van der Waals surface area contributed by atoms with Crippen molar-refractivity contribution in [2.24, 2.45) is 0 Å². The fraction of sp³-hybridized carbons (Fsp3) is 0.100. The molecule has 0 aliphatic rings. The summed E-state index contributed by atoms with van der Waals surface area (Å²) in [5.41, 5.74) is 7.63. The van der Waals surface area contributed by atoms with Crippen LogP contribution in [0.15, 0.2) is 29.2 Å². The highest BCUT2D eigenvalue weighted by atomic mass is 32.2. The lowest BCUT2D eigenvalue weighted by molar-refractivity contribution is 0.483. The van der Waals surface area contributed by atoms with Crippen molar-refractivity contribution in [1.29, 1.82) is 0 Å². The third-order valence-electron chi connectivity index (χ3n) is 2.40. The number of aryl methyl sites for hydroxylation is 1. The Labute approximate surface area is 98.2 Å². The summed E-state index contributed by atoms with van der Waals surface area (Å²) < 4.78 is 31.0. The smallest absolute Gasteiger partial charge is 0.294 e. The van der Waals surface area contributed by atoms with Gasteiger partial charge in [-0.2, -0.15) is 13.5 Å². The van der Waals surface area contributed by atoms with Crippen LogP contribution in [0.4, 0.5) is 5.82 Å². The third-order valence-corrected chi connectivity index (χ3v) is 3.25. The maximum absolute atomic E-state index is 11.0. The molecule has 90 valence electrons. The van der Waals surface area contributed by atoms with E-state index in [1.54, 1.807) is 13.0 Å². The maximum atomic E-state index is 11.0. The second-order valence-corrected chi connectivity index (χ2v) is 5.03. The van der Waals surface area contributed by atoms with E-state index >= 15 is 0 Å². The quantitative estimate of drug-likeness (QED) is 0.697. The summed E-state index contributed by atoms with van der Waals surface area (Å²) in [4.78, 5) is -0.171. The van der Waals surface area contributed by atoms with Gasteiger partial charge < -0.3 is 5.73 Å². The summed E-state index contributed by atoms with van der Waals surface area (Å²) in [6.45, 7) is 1.78. The molecule has 7 heteroatoms. The van der Waals surface area contributed by atoms with Gasteiger partial charge in [0.2, 0.25) is 0 Å². The molecule has 0 amide bonds. The maximum Gasteiger partial charge on any atom is 0.294 e. The number of hydrogen-bond acceptors (Lipinski definition) is 4. The molecular weight excluding hydrogens is 242 g/mol. The molecule has 0 unspecified atom stereocenters. The van der Waals surface area contributed by atoms with Crippen molar-refractivity contribution >= 4 is 15.9 Å². The monoisotopic (exact) mass is 253 g/mol. The Hall–Kier alpha value is -1.86. The van der Waals surface area contributed by atoms with Gasteiger partial charge in [-0.15, -0.1) is 0 Å². The van der Waals surface area contributed by atoms with Gasteiger partial charge in [0.25, 0.3) is 10.1 Å². The SMILES string of the molecule is Cc1[nH]nc(N)c1-c1cccc(S(=O)(=O)O)c1. The van der Waals surface area contributed by atoms with E-state index in [9.17, 15) is 8.42 Å². The molecule has 0 atom stereocenters. The minimum absolute atomic E-state index is 0.171. The Kier molecular flexibility index (Phi) is 2.64. The standard InChI is InChI=1S/C10H11N3O3S/c1-6-9(10(11)13-12-6)7-3-2-4-8(5-7)17(14,15)16/h2-5H,1H3,(H3,11,12,13)(H,14,15,16).